The van der Waals surface area contributed by atoms with Crippen LogP contribution in [0.25, 0.3) is 0 Å². The molecule has 0 saturated carbocycles. The van der Waals surface area contributed by atoms with E-state index in [4.69, 9.17) is 5.26 Å². The zero-order chi connectivity index (χ0) is 16.2. The standard InChI is InChI=1S/C16H14F2N4O/c17-16(18)23-11-4-5-12-10(8-11)2-1-3-13(12)22-15-14(9-19)20-6-7-21-15/h4-8,13,16H,1-3H2,(H,21,22). The van der Waals surface area contributed by atoms with Crippen LogP contribution in [0.15, 0.2) is 30.6 Å². The van der Waals surface area contributed by atoms with Gasteiger partial charge in [0, 0.05) is 12.4 Å². The molecule has 3 rings (SSSR count). The van der Waals surface area contributed by atoms with Gasteiger partial charge in [0.2, 0.25) is 0 Å². The summed E-state index contributed by atoms with van der Waals surface area (Å²) in [6, 6.07) is 6.93. The molecule has 0 aliphatic heterocycles. The van der Waals surface area contributed by atoms with Crippen molar-refractivity contribution in [1.82, 2.24) is 9.97 Å². The van der Waals surface area contributed by atoms with E-state index in [1.807, 2.05) is 6.07 Å². The van der Waals surface area contributed by atoms with E-state index in [-0.39, 0.29) is 17.5 Å². The average molecular weight is 316 g/mol. The summed E-state index contributed by atoms with van der Waals surface area (Å²) in [6.07, 6.45) is 5.56. The second-order valence-electron chi connectivity index (χ2n) is 5.19. The molecule has 118 valence electrons. The minimum Gasteiger partial charge on any atom is -0.435 e. The smallest absolute Gasteiger partial charge is 0.387 e. The maximum Gasteiger partial charge on any atom is 0.387 e. The van der Waals surface area contributed by atoms with Crippen molar-refractivity contribution in [3.63, 3.8) is 0 Å². The quantitative estimate of drug-likeness (QED) is 0.935. The third kappa shape index (κ3) is 3.37. The Morgan fingerprint density at radius 1 is 1.30 bits per heavy atom. The van der Waals surface area contributed by atoms with Gasteiger partial charge in [0.1, 0.15) is 11.8 Å². The molecular formula is C16H14F2N4O. The lowest BCUT2D eigenvalue weighted by Crippen LogP contribution is -2.19. The minimum atomic E-state index is -2.83. The van der Waals surface area contributed by atoms with E-state index in [1.54, 1.807) is 12.1 Å². The Balaban J connectivity index is 1.86. The Morgan fingerprint density at radius 3 is 2.91 bits per heavy atom. The zero-order valence-electron chi connectivity index (χ0n) is 12.2. The average Bonchev–Trinajstić information content (AvgIpc) is 2.55. The van der Waals surface area contributed by atoms with Crippen LogP contribution in [0.2, 0.25) is 0 Å². The van der Waals surface area contributed by atoms with Crippen molar-refractivity contribution < 1.29 is 13.5 Å². The van der Waals surface area contributed by atoms with Crippen molar-refractivity contribution in [1.29, 1.82) is 5.26 Å². The summed E-state index contributed by atoms with van der Waals surface area (Å²) in [6.45, 7) is -2.83. The molecule has 1 N–H and O–H groups in total. The number of aromatic nitrogens is 2. The van der Waals surface area contributed by atoms with Crippen molar-refractivity contribution in [3.05, 3.63) is 47.4 Å². The highest BCUT2D eigenvalue weighted by molar-refractivity contribution is 5.50. The molecule has 5 nitrogen and oxygen atoms in total. The maximum atomic E-state index is 12.3. The fourth-order valence-electron chi connectivity index (χ4n) is 2.81. The van der Waals surface area contributed by atoms with Crippen LogP contribution in [-0.2, 0) is 6.42 Å². The Morgan fingerprint density at radius 2 is 2.13 bits per heavy atom. The number of ether oxygens (including phenoxy) is 1. The second-order valence-corrected chi connectivity index (χ2v) is 5.19. The number of aryl methyl sites for hydroxylation is 1. The van der Waals surface area contributed by atoms with Crippen LogP contribution in [0.5, 0.6) is 5.75 Å². The minimum absolute atomic E-state index is 0.0388. The topological polar surface area (TPSA) is 70.8 Å². The maximum absolute atomic E-state index is 12.3. The molecule has 0 bridgehead atoms. The number of nitrogens with zero attached hydrogens (tertiary/aromatic N) is 3. The lowest BCUT2D eigenvalue weighted by atomic mass is 9.87. The molecule has 1 aromatic carbocycles. The molecule has 1 aromatic heterocycles. The molecule has 1 atom stereocenters. The van der Waals surface area contributed by atoms with E-state index in [0.717, 1.165) is 30.4 Å². The fourth-order valence-corrected chi connectivity index (χ4v) is 2.81. The lowest BCUT2D eigenvalue weighted by molar-refractivity contribution is -0.0499. The van der Waals surface area contributed by atoms with Gasteiger partial charge < -0.3 is 10.1 Å². The van der Waals surface area contributed by atoms with E-state index in [1.165, 1.54) is 18.5 Å². The Labute approximate surface area is 131 Å². The summed E-state index contributed by atoms with van der Waals surface area (Å²) < 4.78 is 29.1. The predicted molar refractivity (Wildman–Crippen MR) is 79.1 cm³/mol. The van der Waals surface area contributed by atoms with E-state index in [9.17, 15) is 8.78 Å². The van der Waals surface area contributed by atoms with E-state index in [2.05, 4.69) is 20.0 Å². The zero-order valence-corrected chi connectivity index (χ0v) is 12.2. The fraction of sp³-hybridized carbons (Fsp3) is 0.312. The van der Waals surface area contributed by atoms with Crippen LogP contribution < -0.4 is 10.1 Å². The first-order chi connectivity index (χ1) is 11.2. The van der Waals surface area contributed by atoms with Crippen molar-refractivity contribution in [3.8, 4) is 11.8 Å². The summed E-state index contributed by atoms with van der Waals surface area (Å²) in [4.78, 5) is 8.13. The first-order valence-corrected chi connectivity index (χ1v) is 7.22. The molecule has 1 heterocycles. The monoisotopic (exact) mass is 316 g/mol. The number of nitrogens with one attached hydrogen (secondary N) is 1. The third-order valence-electron chi connectivity index (χ3n) is 3.77. The molecule has 1 unspecified atom stereocenters. The Kier molecular flexibility index (Phi) is 4.33. The van der Waals surface area contributed by atoms with Crippen LogP contribution in [0.1, 0.15) is 35.7 Å². The van der Waals surface area contributed by atoms with Gasteiger partial charge in [0.15, 0.2) is 11.5 Å². The second kappa shape index (κ2) is 6.57. The number of alkyl halides is 2. The predicted octanol–water partition coefficient (Wildman–Crippen LogP) is 3.44. The largest absolute Gasteiger partial charge is 0.435 e. The van der Waals surface area contributed by atoms with Gasteiger partial charge in [0.05, 0.1) is 6.04 Å². The van der Waals surface area contributed by atoms with Gasteiger partial charge in [-0.3, -0.25) is 0 Å². The number of anilines is 1. The third-order valence-corrected chi connectivity index (χ3v) is 3.77. The van der Waals surface area contributed by atoms with Gasteiger partial charge >= 0.3 is 6.61 Å². The van der Waals surface area contributed by atoms with Crippen LogP contribution in [0.4, 0.5) is 14.6 Å². The first-order valence-electron chi connectivity index (χ1n) is 7.22. The number of benzene rings is 1. The summed E-state index contributed by atoms with van der Waals surface area (Å²) in [5.41, 5.74) is 2.21. The molecule has 2 aromatic rings. The van der Waals surface area contributed by atoms with Crippen LogP contribution in [-0.4, -0.2) is 16.6 Å². The van der Waals surface area contributed by atoms with Crippen molar-refractivity contribution in [2.24, 2.45) is 0 Å². The van der Waals surface area contributed by atoms with Gasteiger partial charge in [-0.25, -0.2) is 9.97 Å². The van der Waals surface area contributed by atoms with Crippen molar-refractivity contribution in [2.75, 3.05) is 5.32 Å². The number of halogens is 2. The molecule has 1 aliphatic carbocycles. The van der Waals surface area contributed by atoms with E-state index in [0.29, 0.717) is 5.82 Å². The highest BCUT2D eigenvalue weighted by Gasteiger charge is 2.22. The summed E-state index contributed by atoms with van der Waals surface area (Å²) in [5.74, 6) is 0.595. The lowest BCUT2D eigenvalue weighted by Gasteiger charge is -2.27. The molecule has 0 amide bonds. The summed E-state index contributed by atoms with van der Waals surface area (Å²) in [7, 11) is 0. The van der Waals surface area contributed by atoms with E-state index >= 15 is 0 Å². The SMILES string of the molecule is N#Cc1nccnc1NC1CCCc2cc(OC(F)F)ccc21. The molecule has 23 heavy (non-hydrogen) atoms. The molecule has 0 fully saturated rings. The summed E-state index contributed by atoms with van der Waals surface area (Å²) >= 11 is 0. The molecule has 7 heteroatoms. The Hall–Kier alpha value is -2.75. The van der Waals surface area contributed by atoms with E-state index < -0.39 is 6.61 Å². The molecule has 0 radical (unpaired) electrons. The van der Waals surface area contributed by atoms with Crippen molar-refractivity contribution in [2.45, 2.75) is 31.9 Å². The normalized spacial score (nSPS) is 16.5. The molecule has 0 saturated heterocycles. The number of hydrogen-bond acceptors (Lipinski definition) is 5. The number of fused-ring (bicyclic) bond motifs is 1. The van der Waals surface area contributed by atoms with Gasteiger partial charge in [-0.15, -0.1) is 0 Å². The van der Waals surface area contributed by atoms with Gasteiger partial charge in [-0.2, -0.15) is 14.0 Å². The van der Waals surface area contributed by atoms with Crippen LogP contribution in [0.3, 0.4) is 0 Å². The van der Waals surface area contributed by atoms with Gasteiger partial charge in [-0.1, -0.05) is 6.07 Å². The highest BCUT2D eigenvalue weighted by Crippen LogP contribution is 2.34. The van der Waals surface area contributed by atoms with Gasteiger partial charge in [-0.05, 0) is 42.5 Å². The van der Waals surface area contributed by atoms with Crippen molar-refractivity contribution >= 4 is 5.82 Å². The van der Waals surface area contributed by atoms with Gasteiger partial charge in [0.25, 0.3) is 0 Å². The highest BCUT2D eigenvalue weighted by atomic mass is 19.3. The summed E-state index contributed by atoms with van der Waals surface area (Å²) in [5, 5.41) is 12.3. The molecular weight excluding hydrogens is 302 g/mol. The van der Waals surface area contributed by atoms with Crippen LogP contribution >= 0.6 is 0 Å². The van der Waals surface area contributed by atoms with Crippen LogP contribution in [0, 0.1) is 11.3 Å². The number of nitriles is 1. The molecule has 1 aliphatic rings. The first kappa shape index (κ1) is 15.2. The number of rotatable bonds is 4. The molecule has 0 spiro atoms. The Bertz CT molecular complexity index is 745. The number of hydrogen-bond donors (Lipinski definition) is 1.